The van der Waals surface area contributed by atoms with Crippen LogP contribution in [-0.2, 0) is 5.54 Å². The van der Waals surface area contributed by atoms with E-state index in [0.29, 0.717) is 6.42 Å². The van der Waals surface area contributed by atoms with Crippen LogP contribution in [0, 0.1) is 5.82 Å². The van der Waals surface area contributed by atoms with Crippen LogP contribution in [0.4, 0.5) is 10.1 Å². The van der Waals surface area contributed by atoms with Gasteiger partial charge < -0.3 is 16.6 Å². The van der Waals surface area contributed by atoms with E-state index in [0.717, 1.165) is 0 Å². The van der Waals surface area contributed by atoms with Gasteiger partial charge in [-0.15, -0.1) is 0 Å². The van der Waals surface area contributed by atoms with E-state index in [4.69, 9.17) is 11.5 Å². The van der Waals surface area contributed by atoms with Gasteiger partial charge in [-0.25, -0.2) is 4.39 Å². The molecule has 1 aromatic rings. The van der Waals surface area contributed by atoms with Gasteiger partial charge in [0.05, 0.1) is 11.3 Å². The highest BCUT2D eigenvalue weighted by atomic mass is 19.1. The van der Waals surface area contributed by atoms with Crippen LogP contribution in [0.25, 0.3) is 0 Å². The summed E-state index contributed by atoms with van der Waals surface area (Å²) in [6.45, 7) is 3.48. The molecule has 0 heterocycles. The van der Waals surface area contributed by atoms with Gasteiger partial charge in [-0.05, 0) is 25.5 Å². The molecule has 0 radical (unpaired) electrons. The third-order valence-electron chi connectivity index (χ3n) is 2.46. The number of nitrogens with two attached hydrogens (primary N) is 2. The Hall–Kier alpha value is -1.29. The Labute approximate surface area is 82.5 Å². The third-order valence-corrected chi connectivity index (χ3v) is 2.46. The lowest BCUT2D eigenvalue weighted by Gasteiger charge is -2.25. The molecule has 0 fully saturated rings. The summed E-state index contributed by atoms with van der Waals surface area (Å²) in [5.41, 5.74) is 10.7. The number of phenols is 1. The maximum absolute atomic E-state index is 13.4. The molecule has 3 nitrogen and oxygen atoms in total. The van der Waals surface area contributed by atoms with Gasteiger partial charge in [0.25, 0.3) is 0 Å². The van der Waals surface area contributed by atoms with Crippen LogP contribution in [0.5, 0.6) is 5.75 Å². The summed E-state index contributed by atoms with van der Waals surface area (Å²) in [4.78, 5) is 0. The second-order valence-electron chi connectivity index (χ2n) is 3.63. The van der Waals surface area contributed by atoms with Gasteiger partial charge in [0.2, 0.25) is 0 Å². The van der Waals surface area contributed by atoms with E-state index in [-0.39, 0.29) is 17.0 Å². The van der Waals surface area contributed by atoms with Crippen molar-refractivity contribution in [3.63, 3.8) is 0 Å². The first-order chi connectivity index (χ1) is 6.40. The molecule has 0 aromatic heterocycles. The Morgan fingerprint density at radius 2 is 2.07 bits per heavy atom. The molecule has 1 rings (SSSR count). The van der Waals surface area contributed by atoms with E-state index in [1.165, 1.54) is 12.1 Å². The highest BCUT2D eigenvalue weighted by Gasteiger charge is 2.27. The summed E-state index contributed by atoms with van der Waals surface area (Å²) in [6, 6.07) is 2.53. The van der Waals surface area contributed by atoms with Gasteiger partial charge in [-0.2, -0.15) is 0 Å². The molecule has 0 aliphatic rings. The normalized spacial score (nSPS) is 15.1. The highest BCUT2D eigenvalue weighted by molar-refractivity contribution is 5.58. The molecule has 4 heteroatoms. The maximum atomic E-state index is 13.4. The van der Waals surface area contributed by atoms with E-state index in [2.05, 4.69) is 0 Å². The van der Waals surface area contributed by atoms with Crippen LogP contribution in [0.15, 0.2) is 12.1 Å². The molecule has 1 unspecified atom stereocenters. The van der Waals surface area contributed by atoms with E-state index in [1.54, 1.807) is 6.92 Å². The van der Waals surface area contributed by atoms with Crippen molar-refractivity contribution in [2.75, 3.05) is 5.73 Å². The lowest BCUT2D eigenvalue weighted by Crippen LogP contribution is -2.33. The zero-order chi connectivity index (χ0) is 10.9. The highest BCUT2D eigenvalue weighted by Crippen LogP contribution is 2.35. The van der Waals surface area contributed by atoms with Crippen molar-refractivity contribution < 1.29 is 9.50 Å². The average Bonchev–Trinajstić information content (AvgIpc) is 2.12. The summed E-state index contributed by atoms with van der Waals surface area (Å²) in [6.07, 6.45) is 0.515. The molecule has 0 aliphatic heterocycles. The van der Waals surface area contributed by atoms with Gasteiger partial charge in [0.1, 0.15) is 11.6 Å². The quantitative estimate of drug-likeness (QED) is 0.500. The van der Waals surface area contributed by atoms with E-state index < -0.39 is 11.4 Å². The molecule has 5 N–H and O–H groups in total. The molecular formula is C10H15FN2O. The first kappa shape index (κ1) is 10.8. The fourth-order valence-corrected chi connectivity index (χ4v) is 1.30. The van der Waals surface area contributed by atoms with Gasteiger partial charge in [0.15, 0.2) is 0 Å². The number of halogens is 1. The first-order valence-corrected chi connectivity index (χ1v) is 4.46. The Morgan fingerprint density at radius 3 is 2.57 bits per heavy atom. The van der Waals surface area contributed by atoms with Crippen LogP contribution in [-0.4, -0.2) is 5.11 Å². The average molecular weight is 198 g/mol. The van der Waals surface area contributed by atoms with Crippen molar-refractivity contribution in [2.24, 2.45) is 5.73 Å². The number of rotatable bonds is 2. The molecule has 0 bridgehead atoms. The van der Waals surface area contributed by atoms with Crippen molar-refractivity contribution in [2.45, 2.75) is 25.8 Å². The maximum Gasteiger partial charge on any atom is 0.146 e. The lowest BCUT2D eigenvalue weighted by atomic mass is 9.89. The number of phenolic OH excluding ortho intramolecular Hbond substituents is 1. The fourth-order valence-electron chi connectivity index (χ4n) is 1.30. The molecule has 0 amide bonds. The fraction of sp³-hybridized carbons (Fsp3) is 0.400. The zero-order valence-corrected chi connectivity index (χ0v) is 8.34. The molecule has 0 saturated heterocycles. The minimum Gasteiger partial charge on any atom is -0.505 e. The van der Waals surface area contributed by atoms with Crippen LogP contribution in [0.3, 0.4) is 0 Å². The molecular weight excluding hydrogens is 183 g/mol. The smallest absolute Gasteiger partial charge is 0.146 e. The van der Waals surface area contributed by atoms with Crippen molar-refractivity contribution >= 4 is 5.69 Å². The molecule has 14 heavy (non-hydrogen) atoms. The summed E-state index contributed by atoms with van der Waals surface area (Å²) in [5, 5.41) is 9.60. The van der Waals surface area contributed by atoms with Crippen molar-refractivity contribution in [3.8, 4) is 5.75 Å². The predicted octanol–water partition coefficient (Wildman–Crippen LogP) is 1.70. The van der Waals surface area contributed by atoms with Gasteiger partial charge >= 0.3 is 0 Å². The van der Waals surface area contributed by atoms with Gasteiger partial charge in [-0.3, -0.25) is 0 Å². The Bertz CT molecular complexity index is 350. The molecule has 0 saturated carbocycles. The molecule has 1 aromatic carbocycles. The predicted molar refractivity (Wildman–Crippen MR) is 54.3 cm³/mol. The second kappa shape index (κ2) is 3.46. The largest absolute Gasteiger partial charge is 0.505 e. The first-order valence-electron chi connectivity index (χ1n) is 4.46. The van der Waals surface area contributed by atoms with E-state index in [9.17, 15) is 9.50 Å². The number of nitrogen functional groups attached to an aromatic ring is 1. The minimum atomic E-state index is -0.899. The number of anilines is 1. The van der Waals surface area contributed by atoms with Crippen LogP contribution in [0.1, 0.15) is 25.8 Å². The van der Waals surface area contributed by atoms with Crippen LogP contribution >= 0.6 is 0 Å². The van der Waals surface area contributed by atoms with Crippen LogP contribution < -0.4 is 11.5 Å². The summed E-state index contributed by atoms with van der Waals surface area (Å²) in [5.74, 6) is -0.777. The lowest BCUT2D eigenvalue weighted by molar-refractivity contribution is 0.398. The van der Waals surface area contributed by atoms with Crippen molar-refractivity contribution in [1.29, 1.82) is 0 Å². The second-order valence-corrected chi connectivity index (χ2v) is 3.63. The zero-order valence-electron chi connectivity index (χ0n) is 8.34. The monoisotopic (exact) mass is 198 g/mol. The summed E-state index contributed by atoms with van der Waals surface area (Å²) < 4.78 is 13.4. The van der Waals surface area contributed by atoms with Crippen molar-refractivity contribution in [1.82, 2.24) is 0 Å². The van der Waals surface area contributed by atoms with Crippen LogP contribution in [0.2, 0.25) is 0 Å². The molecule has 0 spiro atoms. The standard InChI is InChI=1S/C10H15FN2O/c1-3-10(2,13)8-6(11)4-5-7(12)9(8)14/h4-5,14H,3,12-13H2,1-2H3. The Balaban J connectivity index is 3.40. The number of hydrogen-bond donors (Lipinski definition) is 3. The minimum absolute atomic E-state index is 0.0833. The molecule has 78 valence electrons. The summed E-state index contributed by atoms with van der Waals surface area (Å²) >= 11 is 0. The van der Waals surface area contributed by atoms with Gasteiger partial charge in [-0.1, -0.05) is 6.92 Å². The SMILES string of the molecule is CCC(C)(N)c1c(F)ccc(N)c1O. The molecule has 0 aliphatic carbocycles. The summed E-state index contributed by atoms with van der Waals surface area (Å²) in [7, 11) is 0. The molecule has 1 atom stereocenters. The van der Waals surface area contributed by atoms with Crippen molar-refractivity contribution in [3.05, 3.63) is 23.5 Å². The number of benzene rings is 1. The van der Waals surface area contributed by atoms with Gasteiger partial charge in [0, 0.05) is 5.54 Å². The van der Waals surface area contributed by atoms with E-state index >= 15 is 0 Å². The third kappa shape index (κ3) is 1.65. The van der Waals surface area contributed by atoms with E-state index in [1.807, 2.05) is 6.92 Å². The number of hydrogen-bond acceptors (Lipinski definition) is 3. The number of aromatic hydroxyl groups is 1. The Morgan fingerprint density at radius 1 is 1.50 bits per heavy atom. The topological polar surface area (TPSA) is 72.3 Å². The Kier molecular flexibility index (Phi) is 2.66.